The summed E-state index contributed by atoms with van der Waals surface area (Å²) in [5, 5.41) is 7.13. The third-order valence-electron chi connectivity index (χ3n) is 5.14. The van der Waals surface area contributed by atoms with Gasteiger partial charge >= 0.3 is 0 Å². The van der Waals surface area contributed by atoms with Crippen LogP contribution in [0.15, 0.2) is 54.7 Å². The molecule has 1 saturated heterocycles. The Bertz CT molecular complexity index is 937. The topological polar surface area (TPSA) is 52.2 Å². The molecule has 0 unspecified atom stereocenters. The minimum atomic E-state index is 0.0452. The summed E-state index contributed by atoms with van der Waals surface area (Å²) in [5.74, 6) is 0.0452. The van der Waals surface area contributed by atoms with Crippen molar-refractivity contribution in [2.24, 2.45) is 0 Å². The average molecular weight is 360 g/mol. The van der Waals surface area contributed by atoms with Crippen LogP contribution in [0.3, 0.4) is 0 Å². The van der Waals surface area contributed by atoms with E-state index in [0.717, 1.165) is 29.9 Å². The molecule has 2 heterocycles. The molecule has 0 aliphatic carbocycles. The highest BCUT2D eigenvalue weighted by molar-refractivity contribution is 5.99. The fraction of sp³-hybridized carbons (Fsp3) is 0.273. The van der Waals surface area contributed by atoms with E-state index in [9.17, 15) is 4.79 Å². The largest absolute Gasteiger partial charge is 0.368 e. The first-order chi connectivity index (χ1) is 13.1. The highest BCUT2D eigenvalue weighted by Gasteiger charge is 2.25. The standard InChI is InChI=1S/C22H24N4O/c1-16-6-8-19(9-7-16)25-10-12-26(13-11-25)22(27)20-15-23-24-21(20)18-5-3-4-17(2)14-18/h3-9,14-15H,10-13H2,1-2H3,(H,23,24). The Labute approximate surface area is 159 Å². The van der Waals surface area contributed by atoms with E-state index < -0.39 is 0 Å². The summed E-state index contributed by atoms with van der Waals surface area (Å²) in [5.41, 5.74) is 6.07. The quantitative estimate of drug-likeness (QED) is 0.776. The van der Waals surface area contributed by atoms with Gasteiger partial charge in [-0.2, -0.15) is 5.10 Å². The van der Waals surface area contributed by atoms with E-state index in [4.69, 9.17) is 0 Å². The van der Waals surface area contributed by atoms with Crippen LogP contribution in [0.5, 0.6) is 0 Å². The number of piperazine rings is 1. The van der Waals surface area contributed by atoms with Crippen LogP contribution in [-0.4, -0.2) is 47.2 Å². The SMILES string of the molecule is Cc1ccc(N2CCN(C(=O)c3cn[nH]c3-c3cccc(C)c3)CC2)cc1. The van der Waals surface area contributed by atoms with Gasteiger partial charge in [-0.25, -0.2) is 0 Å². The number of benzene rings is 2. The van der Waals surface area contributed by atoms with Crippen LogP contribution in [0.25, 0.3) is 11.3 Å². The highest BCUT2D eigenvalue weighted by Crippen LogP contribution is 2.24. The van der Waals surface area contributed by atoms with E-state index >= 15 is 0 Å². The number of rotatable bonds is 3. The Balaban J connectivity index is 1.47. The Hall–Kier alpha value is -3.08. The lowest BCUT2D eigenvalue weighted by Gasteiger charge is -2.36. The molecule has 5 heteroatoms. The maximum absolute atomic E-state index is 13.1. The normalized spacial score (nSPS) is 14.4. The second kappa shape index (κ2) is 7.27. The number of anilines is 1. The molecule has 1 amide bonds. The van der Waals surface area contributed by atoms with Gasteiger partial charge in [-0.1, -0.05) is 41.5 Å². The van der Waals surface area contributed by atoms with E-state index in [-0.39, 0.29) is 5.91 Å². The predicted molar refractivity (Wildman–Crippen MR) is 108 cm³/mol. The zero-order valence-electron chi connectivity index (χ0n) is 15.8. The number of amides is 1. The van der Waals surface area contributed by atoms with Crippen molar-refractivity contribution < 1.29 is 4.79 Å². The maximum Gasteiger partial charge on any atom is 0.257 e. The summed E-state index contributed by atoms with van der Waals surface area (Å²) >= 11 is 0. The smallest absolute Gasteiger partial charge is 0.257 e. The molecular formula is C22H24N4O. The number of nitrogens with zero attached hydrogens (tertiary/aromatic N) is 3. The lowest BCUT2D eigenvalue weighted by molar-refractivity contribution is 0.0747. The summed E-state index contributed by atoms with van der Waals surface area (Å²) in [6, 6.07) is 16.7. The molecule has 2 aromatic carbocycles. The van der Waals surface area contributed by atoms with E-state index in [1.54, 1.807) is 6.20 Å². The molecule has 1 aromatic heterocycles. The molecule has 0 spiro atoms. The zero-order valence-corrected chi connectivity index (χ0v) is 15.8. The first-order valence-corrected chi connectivity index (χ1v) is 9.33. The summed E-state index contributed by atoms with van der Waals surface area (Å²) in [6.45, 7) is 7.25. The molecule has 5 nitrogen and oxygen atoms in total. The Morgan fingerprint density at radius 1 is 0.963 bits per heavy atom. The molecule has 0 atom stereocenters. The summed E-state index contributed by atoms with van der Waals surface area (Å²) < 4.78 is 0. The number of carbonyl (C=O) groups is 1. The van der Waals surface area contributed by atoms with Crippen molar-refractivity contribution >= 4 is 11.6 Å². The molecule has 1 N–H and O–H groups in total. The molecular weight excluding hydrogens is 336 g/mol. The molecule has 0 bridgehead atoms. The Morgan fingerprint density at radius 3 is 2.41 bits per heavy atom. The van der Waals surface area contributed by atoms with Crippen molar-refractivity contribution in [3.05, 3.63) is 71.4 Å². The number of aryl methyl sites for hydroxylation is 2. The fourth-order valence-corrected chi connectivity index (χ4v) is 3.56. The van der Waals surface area contributed by atoms with E-state index in [1.165, 1.54) is 11.3 Å². The van der Waals surface area contributed by atoms with Crippen molar-refractivity contribution in [1.29, 1.82) is 0 Å². The van der Waals surface area contributed by atoms with Gasteiger partial charge in [0.05, 0.1) is 17.5 Å². The predicted octanol–water partition coefficient (Wildman–Crippen LogP) is 3.66. The molecule has 1 fully saturated rings. The summed E-state index contributed by atoms with van der Waals surface area (Å²) in [7, 11) is 0. The third kappa shape index (κ3) is 3.58. The number of H-pyrrole nitrogens is 1. The minimum Gasteiger partial charge on any atom is -0.368 e. The summed E-state index contributed by atoms with van der Waals surface area (Å²) in [4.78, 5) is 17.3. The number of hydrogen-bond donors (Lipinski definition) is 1. The minimum absolute atomic E-state index is 0.0452. The van der Waals surface area contributed by atoms with Crippen molar-refractivity contribution in [3.63, 3.8) is 0 Å². The molecule has 1 aliphatic rings. The van der Waals surface area contributed by atoms with Gasteiger partial charge in [-0.15, -0.1) is 0 Å². The number of hydrogen-bond acceptors (Lipinski definition) is 3. The van der Waals surface area contributed by atoms with Gasteiger partial charge < -0.3 is 9.80 Å². The lowest BCUT2D eigenvalue weighted by atomic mass is 10.0. The van der Waals surface area contributed by atoms with Crippen LogP contribution < -0.4 is 4.90 Å². The third-order valence-corrected chi connectivity index (χ3v) is 5.14. The second-order valence-corrected chi connectivity index (χ2v) is 7.14. The van der Waals surface area contributed by atoms with Gasteiger partial charge in [0.25, 0.3) is 5.91 Å². The van der Waals surface area contributed by atoms with Gasteiger partial charge in [0, 0.05) is 37.4 Å². The number of nitrogens with one attached hydrogen (secondary N) is 1. The molecule has 27 heavy (non-hydrogen) atoms. The number of aromatic amines is 1. The van der Waals surface area contributed by atoms with Crippen LogP contribution in [0.2, 0.25) is 0 Å². The lowest BCUT2D eigenvalue weighted by Crippen LogP contribution is -2.48. The Kier molecular flexibility index (Phi) is 4.67. The van der Waals surface area contributed by atoms with E-state index in [0.29, 0.717) is 18.7 Å². The summed E-state index contributed by atoms with van der Waals surface area (Å²) in [6.07, 6.45) is 1.65. The zero-order chi connectivity index (χ0) is 18.8. The number of aromatic nitrogens is 2. The van der Waals surface area contributed by atoms with Crippen LogP contribution in [0.4, 0.5) is 5.69 Å². The van der Waals surface area contributed by atoms with Crippen molar-refractivity contribution in [2.75, 3.05) is 31.1 Å². The molecule has 0 saturated carbocycles. The Morgan fingerprint density at radius 2 is 1.70 bits per heavy atom. The molecule has 138 valence electrons. The van der Waals surface area contributed by atoms with E-state index in [1.807, 2.05) is 30.0 Å². The van der Waals surface area contributed by atoms with Gasteiger partial charge in [0.15, 0.2) is 0 Å². The molecule has 0 radical (unpaired) electrons. The van der Waals surface area contributed by atoms with Crippen LogP contribution >= 0.6 is 0 Å². The molecule has 3 aromatic rings. The molecule has 4 rings (SSSR count). The maximum atomic E-state index is 13.1. The first kappa shape index (κ1) is 17.3. The van der Waals surface area contributed by atoms with Crippen LogP contribution in [-0.2, 0) is 0 Å². The first-order valence-electron chi connectivity index (χ1n) is 9.33. The second-order valence-electron chi connectivity index (χ2n) is 7.14. The molecule has 1 aliphatic heterocycles. The van der Waals surface area contributed by atoms with Crippen LogP contribution in [0.1, 0.15) is 21.5 Å². The van der Waals surface area contributed by atoms with Crippen molar-refractivity contribution in [1.82, 2.24) is 15.1 Å². The van der Waals surface area contributed by atoms with Crippen molar-refractivity contribution in [2.45, 2.75) is 13.8 Å². The van der Waals surface area contributed by atoms with Crippen molar-refractivity contribution in [3.8, 4) is 11.3 Å². The highest BCUT2D eigenvalue weighted by atomic mass is 16.2. The number of carbonyl (C=O) groups excluding carboxylic acids is 1. The monoisotopic (exact) mass is 360 g/mol. The van der Waals surface area contributed by atoms with Gasteiger partial charge in [-0.3, -0.25) is 9.89 Å². The average Bonchev–Trinajstić information content (AvgIpc) is 3.18. The van der Waals surface area contributed by atoms with Gasteiger partial charge in [-0.05, 0) is 32.0 Å². The fourth-order valence-electron chi connectivity index (χ4n) is 3.56. The van der Waals surface area contributed by atoms with E-state index in [2.05, 4.69) is 52.4 Å². The van der Waals surface area contributed by atoms with Gasteiger partial charge in [0.1, 0.15) is 0 Å². The van der Waals surface area contributed by atoms with Gasteiger partial charge in [0.2, 0.25) is 0 Å². The van der Waals surface area contributed by atoms with Crippen LogP contribution in [0, 0.1) is 13.8 Å².